The first-order chi connectivity index (χ1) is 9.26. The summed E-state index contributed by atoms with van der Waals surface area (Å²) in [5.74, 6) is 0.885. The van der Waals surface area contributed by atoms with E-state index in [-0.39, 0.29) is 0 Å². The average molecular weight is 282 g/mol. The van der Waals surface area contributed by atoms with Gasteiger partial charge in [0.2, 0.25) is 0 Å². The third-order valence-electron chi connectivity index (χ3n) is 2.97. The van der Waals surface area contributed by atoms with Crippen LogP contribution in [0.25, 0.3) is 0 Å². The maximum absolute atomic E-state index is 5.50. The molecule has 1 atom stereocenters. The molecule has 106 valence electrons. The fraction of sp³-hybridized carbons (Fsp3) is 0.500. The van der Waals surface area contributed by atoms with Crippen molar-refractivity contribution in [2.75, 3.05) is 13.2 Å². The molecule has 0 saturated heterocycles. The summed E-state index contributed by atoms with van der Waals surface area (Å²) in [6, 6.07) is 8.87. The van der Waals surface area contributed by atoms with Gasteiger partial charge in [0.15, 0.2) is 0 Å². The van der Waals surface area contributed by atoms with Gasteiger partial charge in [0, 0.05) is 11.6 Å². The van der Waals surface area contributed by atoms with Crippen LogP contribution in [-0.2, 0) is 6.42 Å². The van der Waals surface area contributed by atoms with Crippen molar-refractivity contribution in [3.05, 3.63) is 41.4 Å². The minimum absolute atomic E-state index is 0.515. The van der Waals surface area contributed by atoms with Crippen molar-refractivity contribution < 1.29 is 4.74 Å². The van der Waals surface area contributed by atoms with Crippen LogP contribution in [-0.4, -0.2) is 19.2 Å². The van der Waals surface area contributed by atoms with Gasteiger partial charge < -0.3 is 10.1 Å². The molecule has 1 unspecified atom stereocenters. The van der Waals surface area contributed by atoms with Gasteiger partial charge in [0.05, 0.1) is 0 Å². The molecule has 3 heteroatoms. The third kappa shape index (κ3) is 7.24. The van der Waals surface area contributed by atoms with E-state index in [4.69, 9.17) is 16.3 Å². The Morgan fingerprint density at radius 3 is 2.68 bits per heavy atom. The van der Waals surface area contributed by atoms with Crippen LogP contribution < -0.4 is 10.1 Å². The SMILES string of the molecule is CCCNC(C)CCc1ccc(OC/C=C/Cl)cc1. The molecule has 0 aliphatic rings. The summed E-state index contributed by atoms with van der Waals surface area (Å²) in [6.45, 7) is 6.05. The molecule has 0 aliphatic carbocycles. The van der Waals surface area contributed by atoms with Crippen LogP contribution in [0.15, 0.2) is 35.9 Å². The van der Waals surface area contributed by atoms with Gasteiger partial charge in [0.1, 0.15) is 12.4 Å². The van der Waals surface area contributed by atoms with Crippen molar-refractivity contribution in [2.45, 2.75) is 39.2 Å². The van der Waals surface area contributed by atoms with Crippen molar-refractivity contribution >= 4 is 11.6 Å². The lowest BCUT2D eigenvalue weighted by Gasteiger charge is -2.13. The Balaban J connectivity index is 2.31. The molecule has 0 aliphatic heterocycles. The van der Waals surface area contributed by atoms with E-state index in [0.717, 1.165) is 25.1 Å². The van der Waals surface area contributed by atoms with Crippen molar-refractivity contribution in [1.29, 1.82) is 0 Å². The second kappa shape index (κ2) is 9.88. The first-order valence-electron chi connectivity index (χ1n) is 6.96. The molecular weight excluding hydrogens is 258 g/mol. The number of hydrogen-bond acceptors (Lipinski definition) is 2. The van der Waals surface area contributed by atoms with E-state index in [0.29, 0.717) is 12.6 Å². The fourth-order valence-electron chi connectivity index (χ4n) is 1.81. The highest BCUT2D eigenvalue weighted by molar-refractivity contribution is 6.25. The Hall–Kier alpha value is -0.990. The van der Waals surface area contributed by atoms with Crippen molar-refractivity contribution in [1.82, 2.24) is 5.32 Å². The highest BCUT2D eigenvalue weighted by atomic mass is 35.5. The molecule has 1 aromatic carbocycles. The molecule has 1 aromatic rings. The molecule has 1 N–H and O–H groups in total. The van der Waals surface area contributed by atoms with Gasteiger partial charge in [-0.15, -0.1) is 0 Å². The van der Waals surface area contributed by atoms with E-state index >= 15 is 0 Å². The first kappa shape index (κ1) is 16.1. The predicted octanol–water partition coefficient (Wildman–Crippen LogP) is 4.14. The Morgan fingerprint density at radius 1 is 1.32 bits per heavy atom. The smallest absolute Gasteiger partial charge is 0.119 e. The van der Waals surface area contributed by atoms with Gasteiger partial charge in [-0.2, -0.15) is 0 Å². The molecule has 0 heterocycles. The van der Waals surface area contributed by atoms with E-state index in [1.165, 1.54) is 17.5 Å². The summed E-state index contributed by atoms with van der Waals surface area (Å²) < 4.78 is 5.50. The summed E-state index contributed by atoms with van der Waals surface area (Å²) in [6.07, 6.45) is 5.22. The summed E-state index contributed by atoms with van der Waals surface area (Å²) in [7, 11) is 0. The minimum Gasteiger partial charge on any atom is -0.490 e. The average Bonchev–Trinajstić information content (AvgIpc) is 2.44. The van der Waals surface area contributed by atoms with Crippen LogP contribution in [0.3, 0.4) is 0 Å². The third-order valence-corrected chi connectivity index (χ3v) is 3.15. The molecule has 0 amide bonds. The van der Waals surface area contributed by atoms with Crippen molar-refractivity contribution in [3.8, 4) is 5.75 Å². The molecule has 0 fully saturated rings. The van der Waals surface area contributed by atoms with Gasteiger partial charge in [0.25, 0.3) is 0 Å². The number of halogens is 1. The molecule has 0 radical (unpaired) electrons. The fourth-order valence-corrected chi connectivity index (χ4v) is 1.88. The number of benzene rings is 1. The van der Waals surface area contributed by atoms with Crippen molar-refractivity contribution in [3.63, 3.8) is 0 Å². The molecule has 0 aromatic heterocycles. The lowest BCUT2D eigenvalue weighted by molar-refractivity contribution is 0.363. The first-order valence-corrected chi connectivity index (χ1v) is 7.40. The van der Waals surface area contributed by atoms with Crippen LogP contribution in [0.4, 0.5) is 0 Å². The van der Waals surface area contributed by atoms with Crippen LogP contribution in [0.5, 0.6) is 5.75 Å². The van der Waals surface area contributed by atoms with Gasteiger partial charge in [-0.05, 0) is 56.5 Å². The van der Waals surface area contributed by atoms with Gasteiger partial charge in [-0.25, -0.2) is 0 Å². The Bertz CT molecular complexity index is 362. The zero-order valence-electron chi connectivity index (χ0n) is 11.9. The second-order valence-corrected chi connectivity index (χ2v) is 4.96. The van der Waals surface area contributed by atoms with E-state index in [9.17, 15) is 0 Å². The highest BCUT2D eigenvalue weighted by Crippen LogP contribution is 2.14. The number of hydrogen-bond donors (Lipinski definition) is 1. The number of nitrogens with one attached hydrogen (secondary N) is 1. The summed E-state index contributed by atoms with van der Waals surface area (Å²) in [5, 5.41) is 3.50. The lowest BCUT2D eigenvalue weighted by atomic mass is 10.1. The second-order valence-electron chi connectivity index (χ2n) is 4.71. The van der Waals surface area contributed by atoms with E-state index in [1.807, 2.05) is 12.1 Å². The Morgan fingerprint density at radius 2 is 2.05 bits per heavy atom. The molecule has 0 bridgehead atoms. The monoisotopic (exact) mass is 281 g/mol. The maximum atomic E-state index is 5.50. The molecule has 1 rings (SSSR count). The van der Waals surface area contributed by atoms with Gasteiger partial charge in [-0.1, -0.05) is 30.7 Å². The largest absolute Gasteiger partial charge is 0.490 e. The minimum atomic E-state index is 0.515. The molecule has 0 spiro atoms. The van der Waals surface area contributed by atoms with Gasteiger partial charge in [-0.3, -0.25) is 0 Å². The van der Waals surface area contributed by atoms with Crippen LogP contribution >= 0.6 is 11.6 Å². The summed E-state index contributed by atoms with van der Waals surface area (Å²) in [4.78, 5) is 0. The van der Waals surface area contributed by atoms with E-state index < -0.39 is 0 Å². The number of aryl methyl sites for hydroxylation is 1. The Kier molecular flexibility index (Phi) is 8.35. The highest BCUT2D eigenvalue weighted by Gasteiger charge is 2.01. The molecule has 0 saturated carbocycles. The van der Waals surface area contributed by atoms with E-state index in [2.05, 4.69) is 31.3 Å². The number of rotatable bonds is 9. The summed E-state index contributed by atoms with van der Waals surface area (Å²) in [5.41, 5.74) is 2.82. The molecular formula is C16H24ClNO. The lowest BCUT2D eigenvalue weighted by Crippen LogP contribution is -2.27. The van der Waals surface area contributed by atoms with Crippen LogP contribution in [0.1, 0.15) is 32.3 Å². The normalized spacial score (nSPS) is 12.8. The zero-order chi connectivity index (χ0) is 13.9. The number of ether oxygens (including phenoxy) is 1. The van der Waals surface area contributed by atoms with Crippen LogP contribution in [0, 0.1) is 0 Å². The standard InChI is InChI=1S/C16H24ClNO/c1-3-12-18-14(2)5-6-15-7-9-16(10-8-15)19-13-4-11-17/h4,7-11,14,18H,3,5-6,12-13H2,1-2H3/b11-4+. The molecule has 2 nitrogen and oxygen atoms in total. The van der Waals surface area contributed by atoms with E-state index in [1.54, 1.807) is 6.08 Å². The zero-order valence-corrected chi connectivity index (χ0v) is 12.6. The quantitative estimate of drug-likeness (QED) is 0.734. The Labute approximate surface area is 121 Å². The predicted molar refractivity (Wildman–Crippen MR) is 83.0 cm³/mol. The molecule has 19 heavy (non-hydrogen) atoms. The maximum Gasteiger partial charge on any atom is 0.119 e. The van der Waals surface area contributed by atoms with Gasteiger partial charge >= 0.3 is 0 Å². The van der Waals surface area contributed by atoms with Crippen molar-refractivity contribution in [2.24, 2.45) is 0 Å². The van der Waals surface area contributed by atoms with Crippen LogP contribution in [0.2, 0.25) is 0 Å². The topological polar surface area (TPSA) is 21.3 Å². The summed E-state index contributed by atoms with van der Waals surface area (Å²) >= 11 is 5.43.